The summed E-state index contributed by atoms with van der Waals surface area (Å²) in [6.07, 6.45) is 2.34. The number of nitrogens with one attached hydrogen (secondary N) is 2. The molecule has 0 rings (SSSR count). The van der Waals surface area contributed by atoms with E-state index >= 15 is 0 Å². The zero-order chi connectivity index (χ0) is 14.7. The Bertz CT molecular complexity index is 244. The van der Waals surface area contributed by atoms with Gasteiger partial charge in [0, 0.05) is 32.2 Å². The van der Waals surface area contributed by atoms with Crippen LogP contribution < -0.4 is 10.6 Å². The van der Waals surface area contributed by atoms with Crippen molar-refractivity contribution in [3.8, 4) is 0 Å². The van der Waals surface area contributed by atoms with E-state index in [2.05, 4.69) is 62.2 Å². The van der Waals surface area contributed by atoms with E-state index in [1.165, 1.54) is 6.42 Å². The minimum Gasteiger partial charge on any atom is -0.357 e. The van der Waals surface area contributed by atoms with E-state index in [1.807, 2.05) is 0 Å². The van der Waals surface area contributed by atoms with Crippen molar-refractivity contribution in [3.05, 3.63) is 0 Å². The minimum atomic E-state index is 0. The Balaban J connectivity index is 0. The van der Waals surface area contributed by atoms with E-state index in [9.17, 15) is 0 Å². The summed E-state index contributed by atoms with van der Waals surface area (Å²) in [5.74, 6) is 1.66. The normalized spacial score (nSPS) is 13.3. The van der Waals surface area contributed by atoms with Gasteiger partial charge in [-0.3, -0.25) is 4.99 Å². The van der Waals surface area contributed by atoms with Crippen molar-refractivity contribution < 1.29 is 0 Å². The van der Waals surface area contributed by atoms with Crippen LogP contribution in [0.5, 0.6) is 0 Å². The zero-order valence-electron chi connectivity index (χ0n) is 14.2. The molecule has 4 nitrogen and oxygen atoms in total. The number of nitrogens with zero attached hydrogens (tertiary/aromatic N) is 2. The molecule has 0 bridgehead atoms. The van der Waals surface area contributed by atoms with Gasteiger partial charge in [0.05, 0.1) is 0 Å². The SMILES string of the molecule is CCNC(=NCCC(C)C)NCCN(C)C(C)CC.I. The highest BCUT2D eigenvalue weighted by Crippen LogP contribution is 1.99. The molecule has 0 saturated carbocycles. The third-order valence-electron chi connectivity index (χ3n) is 3.42. The first-order valence-electron chi connectivity index (χ1n) is 7.73. The Kier molecular flexibility index (Phi) is 15.5. The van der Waals surface area contributed by atoms with Crippen LogP contribution in [0.3, 0.4) is 0 Å². The smallest absolute Gasteiger partial charge is 0.191 e. The molecule has 0 heterocycles. The fraction of sp³-hybridized carbons (Fsp3) is 0.933. The van der Waals surface area contributed by atoms with E-state index in [0.29, 0.717) is 12.0 Å². The average Bonchev–Trinajstić information content (AvgIpc) is 2.37. The molecule has 20 heavy (non-hydrogen) atoms. The maximum atomic E-state index is 4.59. The highest BCUT2D eigenvalue weighted by atomic mass is 127. The number of guanidine groups is 1. The van der Waals surface area contributed by atoms with Crippen LogP contribution in [0.25, 0.3) is 0 Å². The summed E-state index contributed by atoms with van der Waals surface area (Å²) < 4.78 is 0. The fourth-order valence-corrected chi connectivity index (χ4v) is 1.66. The van der Waals surface area contributed by atoms with Gasteiger partial charge in [-0.1, -0.05) is 20.8 Å². The molecular formula is C15H35IN4. The molecule has 1 unspecified atom stereocenters. The molecule has 0 aliphatic rings. The Morgan fingerprint density at radius 1 is 1.15 bits per heavy atom. The number of hydrogen-bond donors (Lipinski definition) is 2. The molecule has 0 aromatic carbocycles. The molecule has 2 N–H and O–H groups in total. The van der Waals surface area contributed by atoms with Crippen LogP contribution in [0, 0.1) is 5.92 Å². The molecule has 1 atom stereocenters. The summed E-state index contributed by atoms with van der Waals surface area (Å²) in [4.78, 5) is 6.97. The minimum absolute atomic E-state index is 0. The second-order valence-electron chi connectivity index (χ2n) is 5.61. The van der Waals surface area contributed by atoms with Gasteiger partial charge in [0.15, 0.2) is 5.96 Å². The number of aliphatic imine (C=N–C) groups is 1. The molecule has 0 amide bonds. The van der Waals surface area contributed by atoms with E-state index < -0.39 is 0 Å². The zero-order valence-corrected chi connectivity index (χ0v) is 16.5. The molecule has 122 valence electrons. The third kappa shape index (κ3) is 11.8. The van der Waals surface area contributed by atoms with Crippen molar-refractivity contribution in [2.24, 2.45) is 10.9 Å². The lowest BCUT2D eigenvalue weighted by molar-refractivity contribution is 0.255. The lowest BCUT2D eigenvalue weighted by atomic mass is 10.1. The maximum absolute atomic E-state index is 4.59. The van der Waals surface area contributed by atoms with E-state index in [4.69, 9.17) is 0 Å². The van der Waals surface area contributed by atoms with Gasteiger partial charge in [0.25, 0.3) is 0 Å². The highest BCUT2D eigenvalue weighted by molar-refractivity contribution is 14.0. The summed E-state index contributed by atoms with van der Waals surface area (Å²) in [5, 5.41) is 6.70. The van der Waals surface area contributed by atoms with Gasteiger partial charge < -0.3 is 15.5 Å². The molecule has 0 radical (unpaired) electrons. The summed E-state index contributed by atoms with van der Waals surface area (Å²) >= 11 is 0. The van der Waals surface area contributed by atoms with Crippen LogP contribution >= 0.6 is 24.0 Å². The van der Waals surface area contributed by atoms with Gasteiger partial charge in [-0.2, -0.15) is 0 Å². The summed E-state index contributed by atoms with van der Waals surface area (Å²) in [6.45, 7) is 14.9. The average molecular weight is 398 g/mol. The number of halogens is 1. The summed E-state index contributed by atoms with van der Waals surface area (Å²) in [5.41, 5.74) is 0. The van der Waals surface area contributed by atoms with E-state index in [0.717, 1.165) is 38.6 Å². The first-order valence-corrected chi connectivity index (χ1v) is 7.73. The van der Waals surface area contributed by atoms with Crippen molar-refractivity contribution in [2.45, 2.75) is 53.5 Å². The van der Waals surface area contributed by atoms with Crippen LogP contribution in [-0.4, -0.2) is 50.1 Å². The molecular weight excluding hydrogens is 363 g/mol. The molecule has 0 aliphatic carbocycles. The van der Waals surface area contributed by atoms with Crippen LogP contribution in [0.15, 0.2) is 4.99 Å². The molecule has 0 aromatic rings. The Morgan fingerprint density at radius 2 is 1.80 bits per heavy atom. The Morgan fingerprint density at radius 3 is 2.30 bits per heavy atom. The molecule has 0 saturated heterocycles. The quantitative estimate of drug-likeness (QED) is 0.357. The lowest BCUT2D eigenvalue weighted by Gasteiger charge is -2.24. The van der Waals surface area contributed by atoms with Gasteiger partial charge in [0.1, 0.15) is 0 Å². The fourth-order valence-electron chi connectivity index (χ4n) is 1.66. The van der Waals surface area contributed by atoms with Crippen molar-refractivity contribution in [3.63, 3.8) is 0 Å². The molecule has 0 aromatic heterocycles. The molecule has 0 fully saturated rings. The van der Waals surface area contributed by atoms with E-state index in [1.54, 1.807) is 0 Å². The van der Waals surface area contributed by atoms with Gasteiger partial charge >= 0.3 is 0 Å². The first kappa shape index (κ1) is 22.2. The van der Waals surface area contributed by atoms with Crippen molar-refractivity contribution >= 4 is 29.9 Å². The van der Waals surface area contributed by atoms with Crippen molar-refractivity contribution in [2.75, 3.05) is 33.2 Å². The standard InChI is InChI=1S/C15H34N4.HI/c1-7-14(5)19(6)12-11-18-15(16-8-2)17-10-9-13(3)4;/h13-14H,7-12H2,1-6H3,(H2,16,17,18);1H. The Labute approximate surface area is 143 Å². The number of hydrogen-bond acceptors (Lipinski definition) is 2. The topological polar surface area (TPSA) is 39.7 Å². The van der Waals surface area contributed by atoms with Crippen LogP contribution in [0.2, 0.25) is 0 Å². The summed E-state index contributed by atoms with van der Waals surface area (Å²) in [7, 11) is 2.18. The number of likely N-dealkylation sites (N-methyl/N-ethyl adjacent to an activating group) is 1. The van der Waals surface area contributed by atoms with Crippen LogP contribution in [0.4, 0.5) is 0 Å². The first-order chi connectivity index (χ1) is 9.01. The van der Waals surface area contributed by atoms with Gasteiger partial charge in [0.2, 0.25) is 0 Å². The Hall–Kier alpha value is -0.0400. The highest BCUT2D eigenvalue weighted by Gasteiger charge is 2.06. The predicted molar refractivity (Wildman–Crippen MR) is 101 cm³/mol. The van der Waals surface area contributed by atoms with Crippen molar-refractivity contribution in [1.29, 1.82) is 0 Å². The molecule has 0 spiro atoms. The van der Waals surface area contributed by atoms with Gasteiger partial charge in [-0.25, -0.2) is 0 Å². The molecule has 5 heteroatoms. The third-order valence-corrected chi connectivity index (χ3v) is 3.42. The largest absolute Gasteiger partial charge is 0.357 e. The second-order valence-corrected chi connectivity index (χ2v) is 5.61. The second kappa shape index (κ2) is 13.9. The maximum Gasteiger partial charge on any atom is 0.191 e. The van der Waals surface area contributed by atoms with Gasteiger partial charge in [-0.15, -0.1) is 24.0 Å². The van der Waals surface area contributed by atoms with Gasteiger partial charge in [-0.05, 0) is 39.7 Å². The lowest BCUT2D eigenvalue weighted by Crippen LogP contribution is -2.42. The number of rotatable bonds is 9. The van der Waals surface area contributed by atoms with Crippen LogP contribution in [-0.2, 0) is 0 Å². The predicted octanol–water partition coefficient (Wildman–Crippen LogP) is 2.94. The van der Waals surface area contributed by atoms with E-state index in [-0.39, 0.29) is 24.0 Å². The van der Waals surface area contributed by atoms with Crippen molar-refractivity contribution in [1.82, 2.24) is 15.5 Å². The molecule has 0 aliphatic heterocycles. The monoisotopic (exact) mass is 398 g/mol. The summed E-state index contributed by atoms with van der Waals surface area (Å²) in [6, 6.07) is 0.641. The van der Waals surface area contributed by atoms with Crippen LogP contribution in [0.1, 0.15) is 47.5 Å².